The van der Waals surface area contributed by atoms with Crippen LogP contribution in [0.25, 0.3) is 0 Å². The van der Waals surface area contributed by atoms with E-state index in [4.69, 9.17) is 4.74 Å². The van der Waals surface area contributed by atoms with Gasteiger partial charge in [-0.3, -0.25) is 4.79 Å². The zero-order chi connectivity index (χ0) is 21.9. The van der Waals surface area contributed by atoms with E-state index < -0.39 is 0 Å². The number of aliphatic hydroxyl groups is 1. The van der Waals surface area contributed by atoms with Crippen LogP contribution in [0.15, 0.2) is 35.3 Å². The maximum Gasteiger partial charge on any atom is 0.293 e. The second kappa shape index (κ2) is 12.6. The molecule has 0 amide bonds. The van der Waals surface area contributed by atoms with Crippen molar-refractivity contribution in [3.63, 3.8) is 0 Å². The first kappa shape index (κ1) is 24.2. The van der Waals surface area contributed by atoms with Crippen LogP contribution in [0.3, 0.4) is 0 Å². The van der Waals surface area contributed by atoms with E-state index in [2.05, 4.69) is 20.4 Å². The fraction of sp³-hybridized carbons (Fsp3) is 0.545. The summed E-state index contributed by atoms with van der Waals surface area (Å²) in [7, 11) is 1.64. The summed E-state index contributed by atoms with van der Waals surface area (Å²) in [6.45, 7) is 7.98. The zero-order valence-corrected chi connectivity index (χ0v) is 19.3. The average Bonchev–Trinajstić information content (AvgIpc) is 2.81. The van der Waals surface area contributed by atoms with E-state index in [0.29, 0.717) is 25.2 Å². The van der Waals surface area contributed by atoms with Crippen LogP contribution in [0.4, 0.5) is 5.82 Å². The van der Waals surface area contributed by atoms with Gasteiger partial charge in [0.15, 0.2) is 5.82 Å². The van der Waals surface area contributed by atoms with Gasteiger partial charge in [0.1, 0.15) is 5.75 Å². The van der Waals surface area contributed by atoms with Crippen LogP contribution in [0, 0.1) is 0 Å². The third-order valence-electron chi connectivity index (χ3n) is 4.91. The first-order chi connectivity index (χ1) is 14.6. The summed E-state index contributed by atoms with van der Waals surface area (Å²) < 4.78 is 9.24. The molecule has 0 bridgehead atoms. The summed E-state index contributed by atoms with van der Waals surface area (Å²) in [5, 5.41) is 9.18. The molecule has 0 saturated carbocycles. The molecule has 30 heavy (non-hydrogen) atoms. The van der Waals surface area contributed by atoms with Gasteiger partial charge in [-0.15, -0.1) is 0 Å². The van der Waals surface area contributed by atoms with Crippen molar-refractivity contribution < 1.29 is 9.84 Å². The third-order valence-corrected chi connectivity index (χ3v) is 5.79. The van der Waals surface area contributed by atoms with Crippen molar-refractivity contribution in [3.8, 4) is 5.75 Å². The van der Waals surface area contributed by atoms with Gasteiger partial charge in [-0.05, 0) is 36.8 Å². The Morgan fingerprint density at radius 2 is 1.80 bits per heavy atom. The number of hydrogen-bond donors (Lipinski definition) is 1. The number of methoxy groups -OCH3 is 1. The van der Waals surface area contributed by atoms with Gasteiger partial charge in [-0.1, -0.05) is 37.9 Å². The highest BCUT2D eigenvalue weighted by molar-refractivity contribution is 7.96. The molecular weight excluding hydrogens is 400 g/mol. The molecule has 7 nitrogen and oxygen atoms in total. The zero-order valence-electron chi connectivity index (χ0n) is 18.5. The number of aliphatic hydroxyl groups excluding tert-OH is 1. The molecule has 1 aliphatic rings. The van der Waals surface area contributed by atoms with Crippen molar-refractivity contribution in [2.75, 3.05) is 51.1 Å². The second-order valence-corrected chi connectivity index (χ2v) is 7.64. The first-order valence-electron chi connectivity index (χ1n) is 10.5. The molecule has 1 aromatic heterocycles. The number of ether oxygens (including phenoxy) is 1. The minimum atomic E-state index is -0.0684. The van der Waals surface area contributed by atoms with Gasteiger partial charge in [-0.2, -0.15) is 0 Å². The predicted octanol–water partition coefficient (Wildman–Crippen LogP) is 2.65. The van der Waals surface area contributed by atoms with Crippen LogP contribution in [0.2, 0.25) is 0 Å². The lowest BCUT2D eigenvalue weighted by atomic mass is 10.2. The van der Waals surface area contributed by atoms with Gasteiger partial charge in [-0.25, -0.2) is 9.29 Å². The van der Waals surface area contributed by atoms with E-state index in [1.807, 2.05) is 44.3 Å². The third kappa shape index (κ3) is 6.48. The van der Waals surface area contributed by atoms with Crippen molar-refractivity contribution in [2.45, 2.75) is 33.2 Å². The first-order valence-corrected chi connectivity index (χ1v) is 11.7. The lowest BCUT2D eigenvalue weighted by Crippen LogP contribution is -2.46. The molecule has 0 atom stereocenters. The van der Waals surface area contributed by atoms with Crippen LogP contribution in [0.5, 0.6) is 5.75 Å². The smallest absolute Gasteiger partial charge is 0.293 e. The minimum Gasteiger partial charge on any atom is -0.497 e. The molecule has 2 aromatic rings. The van der Waals surface area contributed by atoms with E-state index in [9.17, 15) is 9.90 Å². The Morgan fingerprint density at radius 3 is 2.37 bits per heavy atom. The molecule has 1 fully saturated rings. The molecule has 1 aliphatic heterocycles. The second-order valence-electron chi connectivity index (χ2n) is 6.76. The molecule has 2 heterocycles. The van der Waals surface area contributed by atoms with Crippen molar-refractivity contribution in [1.29, 1.82) is 0 Å². The molecule has 0 radical (unpaired) electrons. The van der Waals surface area contributed by atoms with E-state index in [0.717, 1.165) is 43.2 Å². The molecule has 0 aliphatic carbocycles. The molecule has 1 N–H and O–H groups in total. The molecule has 8 heteroatoms. The molecule has 0 unspecified atom stereocenters. The van der Waals surface area contributed by atoms with Crippen LogP contribution in [-0.2, 0) is 13.0 Å². The van der Waals surface area contributed by atoms with Crippen molar-refractivity contribution in [3.05, 3.63) is 52.1 Å². The van der Waals surface area contributed by atoms with E-state index in [1.54, 1.807) is 23.6 Å². The van der Waals surface area contributed by atoms with Gasteiger partial charge in [0.25, 0.3) is 5.56 Å². The Labute approximate surface area is 183 Å². The Morgan fingerprint density at radius 1 is 1.13 bits per heavy atom. The average molecular weight is 435 g/mol. The number of hydrogen-bond acceptors (Lipinski definition) is 7. The largest absolute Gasteiger partial charge is 0.497 e. The lowest BCUT2D eigenvalue weighted by molar-refractivity contribution is 0.288. The molecule has 0 spiro atoms. The highest BCUT2D eigenvalue weighted by Gasteiger charge is 2.21. The van der Waals surface area contributed by atoms with Crippen LogP contribution in [0.1, 0.15) is 31.5 Å². The topological polar surface area (TPSA) is 70.8 Å². The SMILES string of the molecule is CC.COc1ccc(Cn2cc(CCCO)nc(N3CCN(SC)CC3)c2=O)cc1. The summed E-state index contributed by atoms with van der Waals surface area (Å²) in [4.78, 5) is 19.9. The Hall–Kier alpha value is -2.03. The number of aromatic nitrogens is 2. The van der Waals surface area contributed by atoms with Crippen LogP contribution >= 0.6 is 11.9 Å². The molecule has 166 valence electrons. The summed E-state index contributed by atoms with van der Waals surface area (Å²) in [5.74, 6) is 1.31. The number of piperazine rings is 1. The van der Waals surface area contributed by atoms with Crippen LogP contribution < -0.4 is 15.2 Å². The fourth-order valence-electron chi connectivity index (χ4n) is 3.29. The minimum absolute atomic E-state index is 0.0684. The number of benzene rings is 1. The monoisotopic (exact) mass is 434 g/mol. The van der Waals surface area contributed by atoms with E-state index in [-0.39, 0.29) is 12.2 Å². The maximum atomic E-state index is 13.1. The van der Waals surface area contributed by atoms with Crippen molar-refractivity contribution in [1.82, 2.24) is 13.9 Å². The van der Waals surface area contributed by atoms with Gasteiger partial charge >= 0.3 is 0 Å². The Balaban J connectivity index is 0.00000155. The Kier molecular flexibility index (Phi) is 10.2. The normalized spacial score (nSPS) is 14.2. The molecule has 1 saturated heterocycles. The summed E-state index contributed by atoms with van der Waals surface area (Å²) in [6.07, 6.45) is 5.18. The highest BCUT2D eigenvalue weighted by atomic mass is 32.2. The molecular formula is C22H34N4O3S. The summed E-state index contributed by atoms with van der Waals surface area (Å²) >= 11 is 1.73. The highest BCUT2D eigenvalue weighted by Crippen LogP contribution is 2.16. The quantitative estimate of drug-likeness (QED) is 0.641. The number of aryl methyl sites for hydroxylation is 1. The van der Waals surface area contributed by atoms with Crippen LogP contribution in [-0.4, -0.2) is 65.1 Å². The van der Waals surface area contributed by atoms with E-state index in [1.165, 1.54) is 0 Å². The summed E-state index contributed by atoms with van der Waals surface area (Å²) in [5.41, 5.74) is 1.80. The van der Waals surface area contributed by atoms with E-state index >= 15 is 0 Å². The lowest BCUT2D eigenvalue weighted by Gasteiger charge is -2.33. The molecule has 3 rings (SSSR count). The fourth-order valence-corrected chi connectivity index (χ4v) is 3.82. The standard InChI is InChI=1S/C20H28N4O3S.C2H6/c1-27-18-7-5-16(6-8-18)14-23-15-17(4-3-13-25)21-19(20(23)26)22-9-11-24(28-2)12-10-22;1-2/h5-8,15,25H,3-4,9-14H2,1-2H3;1-2H3. The van der Waals surface area contributed by atoms with Gasteiger partial charge < -0.3 is 19.3 Å². The van der Waals surface area contributed by atoms with Crippen molar-refractivity contribution >= 4 is 17.8 Å². The maximum absolute atomic E-state index is 13.1. The molecule has 1 aromatic carbocycles. The number of anilines is 1. The predicted molar refractivity (Wildman–Crippen MR) is 125 cm³/mol. The van der Waals surface area contributed by atoms with Gasteiger partial charge in [0.05, 0.1) is 19.3 Å². The number of nitrogens with zero attached hydrogens (tertiary/aromatic N) is 4. The van der Waals surface area contributed by atoms with Gasteiger partial charge in [0.2, 0.25) is 0 Å². The number of rotatable bonds is 8. The summed E-state index contributed by atoms with van der Waals surface area (Å²) in [6, 6.07) is 7.74. The van der Waals surface area contributed by atoms with Crippen molar-refractivity contribution in [2.24, 2.45) is 0 Å². The van der Waals surface area contributed by atoms with Gasteiger partial charge in [0, 0.05) is 39.0 Å². The Bertz CT molecular complexity index is 818.